The van der Waals surface area contributed by atoms with Crippen LogP contribution in [-0.4, -0.2) is 58.2 Å². The van der Waals surface area contributed by atoms with Crippen molar-refractivity contribution in [1.29, 1.82) is 0 Å². The fourth-order valence-corrected chi connectivity index (χ4v) is 2.03. The molecule has 2 unspecified atom stereocenters. The summed E-state index contributed by atoms with van der Waals surface area (Å²) in [6.45, 7) is -0.560. The summed E-state index contributed by atoms with van der Waals surface area (Å²) >= 11 is 0. The second-order valence-corrected chi connectivity index (χ2v) is 4.44. The van der Waals surface area contributed by atoms with E-state index < -0.39 is 37.1 Å². The maximum Gasteiger partial charge on any atom is 0.199 e. The van der Waals surface area contributed by atoms with Gasteiger partial charge in [0, 0.05) is 7.77 Å². The standard InChI is InChI=1S/C13H18O6/c1-18-9-4-2-8(3-5-9)6-13(17)12(16)11(15)10(7-14)19-13/h2-5,10-12,14-17H,6-7H2,1H3/t10-,11-,12-,13?/m1/s1/i6D/t6?,10-,11-,12-,13?. The minimum Gasteiger partial charge on any atom is -0.497 e. The fraction of sp³-hybridized carbons (Fsp3) is 0.538. The number of rotatable bonds is 4. The van der Waals surface area contributed by atoms with Crippen LogP contribution in [0.2, 0.25) is 0 Å². The molecule has 1 aromatic carbocycles. The van der Waals surface area contributed by atoms with Gasteiger partial charge < -0.3 is 29.9 Å². The molecule has 6 nitrogen and oxygen atoms in total. The van der Waals surface area contributed by atoms with Crippen LogP contribution in [0, 0.1) is 0 Å². The molecule has 2 rings (SSSR count). The van der Waals surface area contributed by atoms with Gasteiger partial charge >= 0.3 is 0 Å². The SMILES string of the molecule is [2H]C(c1ccc(OC)cc1)C1(O)O[C@H](CO)[C@@H](O)[C@H]1O. The van der Waals surface area contributed by atoms with Gasteiger partial charge in [-0.25, -0.2) is 0 Å². The lowest BCUT2D eigenvalue weighted by Crippen LogP contribution is -2.44. The van der Waals surface area contributed by atoms with Crippen molar-refractivity contribution in [2.24, 2.45) is 0 Å². The van der Waals surface area contributed by atoms with Crippen LogP contribution in [0.4, 0.5) is 0 Å². The molecule has 0 aliphatic carbocycles. The summed E-state index contributed by atoms with van der Waals surface area (Å²) in [5.74, 6) is -1.68. The summed E-state index contributed by atoms with van der Waals surface area (Å²) in [6.07, 6.45) is -5.59. The highest BCUT2D eigenvalue weighted by Gasteiger charge is 2.52. The number of aliphatic hydroxyl groups excluding tert-OH is 3. The van der Waals surface area contributed by atoms with Crippen LogP contribution in [-0.2, 0) is 11.1 Å². The zero-order valence-electron chi connectivity index (χ0n) is 11.4. The van der Waals surface area contributed by atoms with Crippen LogP contribution >= 0.6 is 0 Å². The zero-order valence-corrected chi connectivity index (χ0v) is 10.4. The van der Waals surface area contributed by atoms with E-state index in [9.17, 15) is 15.3 Å². The molecule has 0 spiro atoms. The molecule has 1 fully saturated rings. The summed E-state index contributed by atoms with van der Waals surface area (Å²) in [4.78, 5) is 0. The van der Waals surface area contributed by atoms with Crippen molar-refractivity contribution in [1.82, 2.24) is 0 Å². The first kappa shape index (κ1) is 12.8. The third kappa shape index (κ3) is 2.72. The highest BCUT2D eigenvalue weighted by atomic mass is 16.7. The number of benzene rings is 1. The normalized spacial score (nSPS) is 36.9. The summed E-state index contributed by atoms with van der Waals surface area (Å²) in [5.41, 5.74) is 0.387. The first-order valence-electron chi connectivity index (χ1n) is 6.45. The lowest BCUT2D eigenvalue weighted by atomic mass is 9.98. The quantitative estimate of drug-likeness (QED) is 0.563. The topological polar surface area (TPSA) is 99.4 Å². The Balaban J connectivity index is 2.24. The van der Waals surface area contributed by atoms with E-state index in [0.717, 1.165) is 0 Å². The summed E-state index contributed by atoms with van der Waals surface area (Å²) in [6, 6.07) is 6.34. The molecule has 1 aliphatic heterocycles. The van der Waals surface area contributed by atoms with Gasteiger partial charge in [0.2, 0.25) is 0 Å². The number of hydrogen-bond donors (Lipinski definition) is 4. The average Bonchev–Trinajstić information content (AvgIpc) is 2.71. The third-order valence-electron chi connectivity index (χ3n) is 3.14. The van der Waals surface area contributed by atoms with Crippen molar-refractivity contribution in [3.05, 3.63) is 29.8 Å². The molecule has 6 heteroatoms. The van der Waals surface area contributed by atoms with Crippen molar-refractivity contribution in [2.75, 3.05) is 13.7 Å². The van der Waals surface area contributed by atoms with E-state index in [2.05, 4.69) is 0 Å². The molecular formula is C13H18O6. The lowest BCUT2D eigenvalue weighted by molar-refractivity contribution is -0.229. The molecule has 5 atom stereocenters. The minimum atomic E-state index is -2.28. The van der Waals surface area contributed by atoms with Crippen molar-refractivity contribution >= 4 is 0 Å². The molecule has 0 saturated carbocycles. The van der Waals surface area contributed by atoms with Gasteiger partial charge in [0.05, 0.1) is 13.7 Å². The van der Waals surface area contributed by atoms with Crippen LogP contribution in [0.25, 0.3) is 0 Å². The van der Waals surface area contributed by atoms with Crippen LogP contribution in [0.3, 0.4) is 0 Å². The predicted molar refractivity (Wildman–Crippen MR) is 65.6 cm³/mol. The predicted octanol–water partition coefficient (Wildman–Crippen LogP) is -0.961. The Morgan fingerprint density at radius 1 is 1.37 bits per heavy atom. The van der Waals surface area contributed by atoms with Crippen LogP contribution in [0.1, 0.15) is 6.93 Å². The van der Waals surface area contributed by atoms with Gasteiger partial charge in [-0.05, 0) is 17.7 Å². The van der Waals surface area contributed by atoms with Gasteiger partial charge in [0.25, 0.3) is 0 Å². The Bertz CT molecular complexity index is 453. The molecule has 1 saturated heterocycles. The number of hydrogen-bond acceptors (Lipinski definition) is 6. The first-order chi connectivity index (χ1) is 9.43. The smallest absolute Gasteiger partial charge is 0.199 e. The van der Waals surface area contributed by atoms with Gasteiger partial charge in [-0.1, -0.05) is 12.1 Å². The molecule has 1 aromatic rings. The van der Waals surface area contributed by atoms with E-state index in [-0.39, 0.29) is 0 Å². The Hall–Kier alpha value is -1.18. The van der Waals surface area contributed by atoms with Gasteiger partial charge in [-0.2, -0.15) is 0 Å². The summed E-state index contributed by atoms with van der Waals surface area (Å²) in [7, 11) is 1.51. The van der Waals surface area contributed by atoms with Crippen LogP contribution in [0.5, 0.6) is 5.75 Å². The fourth-order valence-electron chi connectivity index (χ4n) is 2.03. The molecule has 19 heavy (non-hydrogen) atoms. The van der Waals surface area contributed by atoms with Gasteiger partial charge in [0.15, 0.2) is 5.79 Å². The molecule has 4 N–H and O–H groups in total. The zero-order chi connectivity index (χ0) is 14.9. The lowest BCUT2D eigenvalue weighted by Gasteiger charge is -2.26. The van der Waals surface area contributed by atoms with Gasteiger partial charge in [-0.15, -0.1) is 0 Å². The van der Waals surface area contributed by atoms with Gasteiger partial charge in [0.1, 0.15) is 24.1 Å². The van der Waals surface area contributed by atoms with Crippen molar-refractivity contribution in [3.8, 4) is 5.75 Å². The van der Waals surface area contributed by atoms with E-state index in [1.807, 2.05) is 0 Å². The Morgan fingerprint density at radius 3 is 2.47 bits per heavy atom. The highest BCUT2D eigenvalue weighted by molar-refractivity contribution is 5.28. The van der Waals surface area contributed by atoms with Crippen molar-refractivity contribution in [2.45, 2.75) is 30.5 Å². The van der Waals surface area contributed by atoms with Crippen molar-refractivity contribution in [3.63, 3.8) is 0 Å². The van der Waals surface area contributed by atoms with E-state index in [4.69, 9.17) is 16.0 Å². The molecule has 1 heterocycles. The Labute approximate surface area is 112 Å². The summed E-state index contributed by atoms with van der Waals surface area (Å²) < 4.78 is 18.1. The third-order valence-corrected chi connectivity index (χ3v) is 3.14. The van der Waals surface area contributed by atoms with Crippen LogP contribution < -0.4 is 4.74 Å². The maximum atomic E-state index is 10.3. The maximum absolute atomic E-state index is 10.3. The van der Waals surface area contributed by atoms with Crippen LogP contribution in [0.15, 0.2) is 24.3 Å². The van der Waals surface area contributed by atoms with E-state index in [0.29, 0.717) is 11.3 Å². The molecular weight excluding hydrogens is 252 g/mol. The van der Waals surface area contributed by atoms with E-state index in [1.54, 1.807) is 24.3 Å². The van der Waals surface area contributed by atoms with Gasteiger partial charge in [-0.3, -0.25) is 0 Å². The monoisotopic (exact) mass is 271 g/mol. The Kier molecular flexibility index (Phi) is 3.67. The second-order valence-electron chi connectivity index (χ2n) is 4.44. The molecule has 0 aromatic heterocycles. The van der Waals surface area contributed by atoms with Crippen molar-refractivity contribution < 1.29 is 31.3 Å². The number of ether oxygens (including phenoxy) is 2. The molecule has 0 bridgehead atoms. The first-order valence-corrected chi connectivity index (χ1v) is 5.87. The van der Waals surface area contributed by atoms with E-state index in [1.165, 1.54) is 7.11 Å². The molecule has 106 valence electrons. The average molecular weight is 271 g/mol. The molecule has 1 aliphatic rings. The summed E-state index contributed by atoms with van der Waals surface area (Å²) in [5, 5.41) is 38.9. The minimum absolute atomic E-state index is 0.387. The number of aliphatic hydroxyl groups is 4. The Morgan fingerprint density at radius 2 is 2.00 bits per heavy atom. The largest absolute Gasteiger partial charge is 0.497 e. The second kappa shape index (κ2) is 5.44. The number of methoxy groups -OCH3 is 1. The van der Waals surface area contributed by atoms with E-state index >= 15 is 0 Å². The molecule has 0 radical (unpaired) electrons. The molecule has 0 amide bonds. The highest BCUT2D eigenvalue weighted by Crippen LogP contribution is 2.32.